The van der Waals surface area contributed by atoms with Gasteiger partial charge in [-0.1, -0.05) is 23.7 Å². The summed E-state index contributed by atoms with van der Waals surface area (Å²) in [6.45, 7) is 1.46. The largest absolute Gasteiger partial charge is 0.326 e. The van der Waals surface area contributed by atoms with Gasteiger partial charge >= 0.3 is 0 Å². The smallest absolute Gasteiger partial charge is 0.224 e. The van der Waals surface area contributed by atoms with Crippen molar-refractivity contribution in [1.82, 2.24) is 0 Å². The van der Waals surface area contributed by atoms with Gasteiger partial charge in [-0.25, -0.2) is 0 Å². The van der Waals surface area contributed by atoms with E-state index in [4.69, 9.17) is 11.6 Å². The van der Waals surface area contributed by atoms with Gasteiger partial charge in [0, 0.05) is 34.7 Å². The first-order valence-corrected chi connectivity index (χ1v) is 7.53. The molecule has 0 fully saturated rings. The van der Waals surface area contributed by atoms with E-state index < -0.39 is 0 Å². The van der Waals surface area contributed by atoms with E-state index in [1.165, 1.54) is 6.92 Å². The van der Waals surface area contributed by atoms with Crippen LogP contribution in [-0.2, 0) is 4.79 Å². The second-order valence-electron chi connectivity index (χ2n) is 5.12. The highest BCUT2D eigenvalue weighted by Gasteiger charge is 2.10. The lowest BCUT2D eigenvalue weighted by atomic mass is 10.1. The molecule has 0 atom stereocenters. The number of ketones is 2. The van der Waals surface area contributed by atoms with Crippen LogP contribution in [-0.4, -0.2) is 17.5 Å². The van der Waals surface area contributed by atoms with Crippen LogP contribution in [0.1, 0.15) is 40.5 Å². The number of carbonyl (C=O) groups excluding carboxylic acids is 3. The van der Waals surface area contributed by atoms with Gasteiger partial charge < -0.3 is 5.32 Å². The predicted molar refractivity (Wildman–Crippen MR) is 90.1 cm³/mol. The molecule has 4 nitrogen and oxygen atoms in total. The van der Waals surface area contributed by atoms with Gasteiger partial charge in [0.1, 0.15) is 0 Å². The molecule has 23 heavy (non-hydrogen) atoms. The number of benzene rings is 2. The first-order chi connectivity index (χ1) is 11.0. The van der Waals surface area contributed by atoms with Crippen LogP contribution >= 0.6 is 11.6 Å². The lowest BCUT2D eigenvalue weighted by Crippen LogP contribution is -2.13. The van der Waals surface area contributed by atoms with E-state index in [0.717, 1.165) is 0 Å². The van der Waals surface area contributed by atoms with E-state index in [0.29, 0.717) is 21.8 Å². The van der Waals surface area contributed by atoms with Gasteiger partial charge in [-0.2, -0.15) is 0 Å². The Morgan fingerprint density at radius 1 is 0.957 bits per heavy atom. The number of Topliss-reactive ketones (excluding diaryl/α,β-unsaturated/α-hetero) is 2. The normalized spacial score (nSPS) is 10.2. The van der Waals surface area contributed by atoms with Gasteiger partial charge in [-0.15, -0.1) is 0 Å². The maximum absolute atomic E-state index is 12.0. The van der Waals surface area contributed by atoms with Gasteiger partial charge in [0.25, 0.3) is 0 Å². The van der Waals surface area contributed by atoms with Crippen LogP contribution in [0, 0.1) is 0 Å². The molecule has 0 heterocycles. The van der Waals surface area contributed by atoms with Crippen molar-refractivity contribution in [1.29, 1.82) is 0 Å². The zero-order valence-electron chi connectivity index (χ0n) is 12.6. The van der Waals surface area contributed by atoms with E-state index in [1.807, 2.05) is 0 Å². The Morgan fingerprint density at radius 2 is 1.65 bits per heavy atom. The van der Waals surface area contributed by atoms with Gasteiger partial charge in [0.2, 0.25) is 5.91 Å². The van der Waals surface area contributed by atoms with Crippen molar-refractivity contribution in [3.63, 3.8) is 0 Å². The summed E-state index contributed by atoms with van der Waals surface area (Å²) in [5.41, 5.74) is 1.60. The second kappa shape index (κ2) is 7.70. The summed E-state index contributed by atoms with van der Waals surface area (Å²) >= 11 is 5.77. The van der Waals surface area contributed by atoms with Crippen LogP contribution in [0.4, 0.5) is 5.69 Å². The Bertz CT molecular complexity index is 738. The molecule has 0 saturated heterocycles. The summed E-state index contributed by atoms with van der Waals surface area (Å²) in [7, 11) is 0. The zero-order chi connectivity index (χ0) is 16.8. The summed E-state index contributed by atoms with van der Waals surface area (Å²) in [6.07, 6.45) is 0.186. The minimum atomic E-state index is -0.270. The highest BCUT2D eigenvalue weighted by Crippen LogP contribution is 2.14. The second-order valence-corrected chi connectivity index (χ2v) is 5.55. The molecule has 0 unspecified atom stereocenters. The third kappa shape index (κ3) is 5.04. The molecule has 0 saturated carbocycles. The van der Waals surface area contributed by atoms with E-state index in [2.05, 4.69) is 5.32 Å². The van der Waals surface area contributed by atoms with Gasteiger partial charge in [-0.3, -0.25) is 14.4 Å². The lowest BCUT2D eigenvalue weighted by molar-refractivity contribution is -0.116. The highest BCUT2D eigenvalue weighted by molar-refractivity contribution is 6.30. The summed E-state index contributed by atoms with van der Waals surface area (Å²) in [4.78, 5) is 35.2. The fraction of sp³-hybridized carbons (Fsp3) is 0.167. The molecule has 0 aliphatic heterocycles. The van der Waals surface area contributed by atoms with Gasteiger partial charge in [-0.05, 0) is 43.3 Å². The predicted octanol–water partition coefficient (Wildman–Crippen LogP) is 4.14. The standard InChI is InChI=1S/C18H16ClNO3/c1-12(21)14-3-2-4-16(11-14)20-18(23)10-9-17(22)13-5-7-15(19)8-6-13/h2-8,11H,9-10H2,1H3,(H,20,23). The van der Waals surface area contributed by atoms with Crippen LogP contribution in [0.2, 0.25) is 5.02 Å². The number of amides is 1. The topological polar surface area (TPSA) is 63.2 Å². The SMILES string of the molecule is CC(=O)c1cccc(NC(=O)CCC(=O)c2ccc(Cl)cc2)c1. The van der Waals surface area contributed by atoms with Crippen molar-refractivity contribution in [2.45, 2.75) is 19.8 Å². The minimum absolute atomic E-state index is 0.0704. The molecule has 2 rings (SSSR count). The molecular formula is C18H16ClNO3. The van der Waals surface area contributed by atoms with Crippen molar-refractivity contribution in [3.8, 4) is 0 Å². The Kier molecular flexibility index (Phi) is 5.66. The summed E-state index contributed by atoms with van der Waals surface area (Å²) < 4.78 is 0. The van der Waals surface area contributed by atoms with Crippen molar-refractivity contribution >= 4 is 34.8 Å². The maximum atomic E-state index is 12.0. The monoisotopic (exact) mass is 329 g/mol. The molecule has 0 bridgehead atoms. The molecule has 0 aliphatic carbocycles. The average molecular weight is 330 g/mol. The highest BCUT2D eigenvalue weighted by atomic mass is 35.5. The molecule has 1 N–H and O–H groups in total. The number of rotatable bonds is 6. The van der Waals surface area contributed by atoms with Crippen molar-refractivity contribution in [2.24, 2.45) is 0 Å². The molecule has 118 valence electrons. The number of halogens is 1. The molecule has 0 aliphatic rings. The zero-order valence-corrected chi connectivity index (χ0v) is 13.4. The van der Waals surface area contributed by atoms with Crippen LogP contribution in [0.3, 0.4) is 0 Å². The van der Waals surface area contributed by atoms with Gasteiger partial charge in [0.05, 0.1) is 0 Å². The van der Waals surface area contributed by atoms with Crippen LogP contribution < -0.4 is 5.32 Å². The molecule has 5 heteroatoms. The van der Waals surface area contributed by atoms with Crippen molar-refractivity contribution in [2.75, 3.05) is 5.32 Å². The number of hydrogen-bond acceptors (Lipinski definition) is 3. The Labute approximate surface area is 139 Å². The number of anilines is 1. The Morgan fingerprint density at radius 3 is 2.30 bits per heavy atom. The molecule has 2 aromatic carbocycles. The molecule has 0 aromatic heterocycles. The minimum Gasteiger partial charge on any atom is -0.326 e. The maximum Gasteiger partial charge on any atom is 0.224 e. The number of carbonyl (C=O) groups is 3. The number of nitrogens with one attached hydrogen (secondary N) is 1. The molecule has 0 radical (unpaired) electrons. The van der Waals surface area contributed by atoms with Crippen molar-refractivity contribution in [3.05, 3.63) is 64.7 Å². The van der Waals surface area contributed by atoms with E-state index >= 15 is 0 Å². The summed E-state index contributed by atoms with van der Waals surface area (Å²) in [6, 6.07) is 13.3. The third-order valence-electron chi connectivity index (χ3n) is 3.30. The van der Waals surface area contributed by atoms with E-state index in [-0.39, 0.29) is 30.3 Å². The molecular weight excluding hydrogens is 314 g/mol. The lowest BCUT2D eigenvalue weighted by Gasteiger charge is -2.06. The van der Waals surface area contributed by atoms with Gasteiger partial charge in [0.15, 0.2) is 11.6 Å². The fourth-order valence-corrected chi connectivity index (χ4v) is 2.17. The Hall–Kier alpha value is -2.46. The molecule has 0 spiro atoms. The molecule has 2 aromatic rings. The first-order valence-electron chi connectivity index (χ1n) is 7.15. The Balaban J connectivity index is 1.90. The average Bonchev–Trinajstić information content (AvgIpc) is 2.53. The quantitative estimate of drug-likeness (QED) is 0.810. The van der Waals surface area contributed by atoms with Crippen LogP contribution in [0.15, 0.2) is 48.5 Å². The third-order valence-corrected chi connectivity index (χ3v) is 3.55. The van der Waals surface area contributed by atoms with Crippen LogP contribution in [0.5, 0.6) is 0 Å². The number of hydrogen-bond donors (Lipinski definition) is 1. The van der Waals surface area contributed by atoms with E-state index in [1.54, 1.807) is 48.5 Å². The summed E-state index contributed by atoms with van der Waals surface area (Å²) in [5, 5.41) is 3.25. The van der Waals surface area contributed by atoms with E-state index in [9.17, 15) is 14.4 Å². The van der Waals surface area contributed by atoms with Crippen molar-refractivity contribution < 1.29 is 14.4 Å². The molecule has 1 amide bonds. The fourth-order valence-electron chi connectivity index (χ4n) is 2.05. The summed E-state index contributed by atoms with van der Waals surface area (Å²) in [5.74, 6) is -0.457. The van der Waals surface area contributed by atoms with Crippen LogP contribution in [0.25, 0.3) is 0 Å². The first kappa shape index (κ1) is 16.9.